The zero-order chi connectivity index (χ0) is 52.9. The summed E-state index contributed by atoms with van der Waals surface area (Å²) in [4.78, 5) is 24.6. The van der Waals surface area contributed by atoms with E-state index in [0.29, 0.717) is 25.9 Å². The van der Waals surface area contributed by atoms with Gasteiger partial charge >= 0.3 is 5.97 Å². The highest BCUT2D eigenvalue weighted by atomic mass is 16.5. The third-order valence-corrected chi connectivity index (χ3v) is 15.5. The second-order valence-electron chi connectivity index (χ2n) is 22.8. The summed E-state index contributed by atoms with van der Waals surface area (Å²) in [5, 5.41) is 23.4. The van der Waals surface area contributed by atoms with Crippen molar-refractivity contribution in [2.45, 2.75) is 379 Å². The Bertz CT molecular complexity index is 1140. The molecule has 0 saturated heterocycles. The summed E-state index contributed by atoms with van der Waals surface area (Å²) < 4.78 is 5.46. The third kappa shape index (κ3) is 59.4. The number of nitrogens with one attached hydrogen (secondary N) is 1. The molecule has 0 aromatic heterocycles. The zero-order valence-electron chi connectivity index (χ0n) is 49.4. The highest BCUT2D eigenvalue weighted by molar-refractivity contribution is 5.76. The van der Waals surface area contributed by atoms with Crippen molar-refractivity contribution >= 4 is 11.9 Å². The van der Waals surface area contributed by atoms with Gasteiger partial charge in [-0.25, -0.2) is 0 Å². The van der Waals surface area contributed by atoms with Crippen LogP contribution in [0.4, 0.5) is 0 Å². The molecule has 0 rings (SSSR count). The van der Waals surface area contributed by atoms with Gasteiger partial charge in [-0.1, -0.05) is 314 Å². The Balaban J connectivity index is 3.47. The molecule has 0 aliphatic heterocycles. The van der Waals surface area contributed by atoms with Gasteiger partial charge < -0.3 is 20.3 Å². The normalized spacial score (nSPS) is 12.7. The van der Waals surface area contributed by atoms with Crippen LogP contribution in [-0.4, -0.2) is 47.4 Å². The molecule has 0 saturated carbocycles. The van der Waals surface area contributed by atoms with Gasteiger partial charge in [-0.3, -0.25) is 9.59 Å². The van der Waals surface area contributed by atoms with E-state index in [1.54, 1.807) is 0 Å². The molecule has 6 heteroatoms. The Hall–Kier alpha value is -1.66. The lowest BCUT2D eigenvalue weighted by Crippen LogP contribution is -2.45. The van der Waals surface area contributed by atoms with Gasteiger partial charge in [-0.15, -0.1) is 0 Å². The second-order valence-corrected chi connectivity index (χ2v) is 22.8. The molecule has 0 spiro atoms. The SMILES string of the molecule is CCCCCCCCCCCCCCCCCCCCCCCCCCC(O)C(CO)NC(=O)CCCCCCCCC/C=C\C/C=C\CCCCCOC(=O)CCCCCCCCCCCCCCCCC. The maximum atomic E-state index is 12.5. The maximum absolute atomic E-state index is 12.5. The van der Waals surface area contributed by atoms with Gasteiger partial charge in [-0.05, 0) is 64.2 Å². The summed E-state index contributed by atoms with van der Waals surface area (Å²) in [5.41, 5.74) is 0. The molecule has 432 valence electrons. The van der Waals surface area contributed by atoms with Crippen LogP contribution in [0.2, 0.25) is 0 Å². The van der Waals surface area contributed by atoms with Crippen molar-refractivity contribution in [1.82, 2.24) is 5.32 Å². The van der Waals surface area contributed by atoms with Crippen molar-refractivity contribution in [3.63, 3.8) is 0 Å². The van der Waals surface area contributed by atoms with Crippen molar-refractivity contribution in [3.05, 3.63) is 24.3 Å². The molecule has 73 heavy (non-hydrogen) atoms. The van der Waals surface area contributed by atoms with E-state index in [4.69, 9.17) is 4.74 Å². The second kappa shape index (κ2) is 62.9. The average molecular weight is 1030 g/mol. The van der Waals surface area contributed by atoms with Gasteiger partial charge in [-0.2, -0.15) is 0 Å². The number of ether oxygens (including phenoxy) is 1. The van der Waals surface area contributed by atoms with Crippen LogP contribution in [-0.2, 0) is 14.3 Å². The smallest absolute Gasteiger partial charge is 0.305 e. The average Bonchev–Trinajstić information content (AvgIpc) is 3.39. The van der Waals surface area contributed by atoms with Gasteiger partial charge in [0.05, 0.1) is 25.4 Å². The van der Waals surface area contributed by atoms with E-state index < -0.39 is 12.1 Å². The number of esters is 1. The minimum atomic E-state index is -0.676. The number of aliphatic hydroxyl groups is 2. The molecule has 0 aromatic carbocycles. The topological polar surface area (TPSA) is 95.9 Å². The van der Waals surface area contributed by atoms with Gasteiger partial charge in [0.1, 0.15) is 0 Å². The molecule has 0 aromatic rings. The Morgan fingerprint density at radius 3 is 1.04 bits per heavy atom. The summed E-state index contributed by atoms with van der Waals surface area (Å²) in [7, 11) is 0. The summed E-state index contributed by atoms with van der Waals surface area (Å²) in [5.74, 6) is -0.0585. The highest BCUT2D eigenvalue weighted by Gasteiger charge is 2.20. The number of hydrogen-bond donors (Lipinski definition) is 3. The fourth-order valence-corrected chi connectivity index (χ4v) is 10.4. The van der Waals surface area contributed by atoms with Crippen LogP contribution in [0.3, 0.4) is 0 Å². The van der Waals surface area contributed by atoms with E-state index in [1.165, 1.54) is 250 Å². The van der Waals surface area contributed by atoms with Gasteiger partial charge in [0.2, 0.25) is 5.91 Å². The molecule has 6 nitrogen and oxygen atoms in total. The van der Waals surface area contributed by atoms with Crippen LogP contribution in [0.15, 0.2) is 24.3 Å². The number of hydrogen-bond acceptors (Lipinski definition) is 5. The van der Waals surface area contributed by atoms with E-state index in [-0.39, 0.29) is 18.5 Å². The summed E-state index contributed by atoms with van der Waals surface area (Å²) >= 11 is 0. The molecule has 2 unspecified atom stereocenters. The first-order valence-corrected chi connectivity index (χ1v) is 33.1. The van der Waals surface area contributed by atoms with Crippen molar-refractivity contribution in [2.24, 2.45) is 0 Å². The first-order chi connectivity index (χ1) is 36.0. The Morgan fingerprint density at radius 2 is 0.685 bits per heavy atom. The molecule has 1 amide bonds. The lowest BCUT2D eigenvalue weighted by atomic mass is 10.0. The van der Waals surface area contributed by atoms with Crippen LogP contribution in [0.25, 0.3) is 0 Å². The largest absolute Gasteiger partial charge is 0.466 e. The highest BCUT2D eigenvalue weighted by Crippen LogP contribution is 2.18. The first kappa shape index (κ1) is 71.3. The third-order valence-electron chi connectivity index (χ3n) is 15.5. The molecule has 0 fully saturated rings. The van der Waals surface area contributed by atoms with Crippen LogP contribution in [0, 0.1) is 0 Å². The van der Waals surface area contributed by atoms with Crippen LogP contribution < -0.4 is 5.32 Å². The number of carbonyl (C=O) groups is 2. The standard InChI is InChI=1S/C67H129NO5/c1-3-5-7-9-11-13-15-17-19-20-21-22-23-24-25-26-28-32-35-39-43-47-51-55-59-65(70)64(63-69)68-66(71)60-56-52-48-44-40-36-33-29-27-30-34-38-42-46-50-54-58-62-73-67(72)61-57-53-49-45-41-37-31-18-16-14-12-10-8-6-4-2/h27,30,38,42,64-65,69-70H,3-26,28-29,31-37,39-41,43-63H2,1-2H3,(H,68,71)/b30-27-,42-38-. The lowest BCUT2D eigenvalue weighted by Gasteiger charge is -2.22. The van der Waals surface area contributed by atoms with E-state index in [0.717, 1.165) is 83.5 Å². The summed E-state index contributed by atoms with van der Waals surface area (Å²) in [6.07, 6.45) is 77.7. The number of rotatable bonds is 62. The van der Waals surface area contributed by atoms with Crippen LogP contribution in [0.5, 0.6) is 0 Å². The Morgan fingerprint density at radius 1 is 0.384 bits per heavy atom. The lowest BCUT2D eigenvalue weighted by molar-refractivity contribution is -0.143. The zero-order valence-corrected chi connectivity index (χ0v) is 49.4. The van der Waals surface area contributed by atoms with E-state index in [1.807, 2.05) is 0 Å². The molecule has 3 N–H and O–H groups in total. The van der Waals surface area contributed by atoms with Crippen molar-refractivity contribution < 1.29 is 24.5 Å². The molecule has 0 aliphatic rings. The predicted octanol–water partition coefficient (Wildman–Crippen LogP) is 21.0. The van der Waals surface area contributed by atoms with E-state index in [9.17, 15) is 19.8 Å². The first-order valence-electron chi connectivity index (χ1n) is 33.1. The monoisotopic (exact) mass is 1030 g/mol. The molecule has 0 heterocycles. The van der Waals surface area contributed by atoms with Crippen molar-refractivity contribution in [3.8, 4) is 0 Å². The number of unbranched alkanes of at least 4 members (excludes halogenated alkanes) is 47. The van der Waals surface area contributed by atoms with Gasteiger partial charge in [0.25, 0.3) is 0 Å². The van der Waals surface area contributed by atoms with Crippen molar-refractivity contribution in [2.75, 3.05) is 13.2 Å². The molecule has 0 radical (unpaired) electrons. The molecular weight excluding hydrogens is 899 g/mol. The minimum Gasteiger partial charge on any atom is -0.466 e. The molecule has 2 atom stereocenters. The summed E-state index contributed by atoms with van der Waals surface area (Å²) in [6.45, 7) is 4.94. The number of carbonyl (C=O) groups excluding carboxylic acids is 2. The Labute approximate surface area is 456 Å². The van der Waals surface area contributed by atoms with E-state index in [2.05, 4.69) is 43.5 Å². The molecule has 0 aliphatic carbocycles. The fraction of sp³-hybridized carbons (Fsp3) is 0.910. The maximum Gasteiger partial charge on any atom is 0.305 e. The molecule has 0 bridgehead atoms. The minimum absolute atomic E-state index is 0.0116. The number of allylic oxidation sites excluding steroid dienone is 4. The number of amides is 1. The van der Waals surface area contributed by atoms with Crippen LogP contribution >= 0.6 is 0 Å². The number of aliphatic hydroxyl groups excluding tert-OH is 2. The fourth-order valence-electron chi connectivity index (χ4n) is 10.4. The predicted molar refractivity (Wildman–Crippen MR) is 320 cm³/mol. The Kier molecular flexibility index (Phi) is 61.4. The van der Waals surface area contributed by atoms with Gasteiger partial charge in [0, 0.05) is 12.8 Å². The summed E-state index contributed by atoms with van der Waals surface area (Å²) in [6, 6.07) is -0.555. The van der Waals surface area contributed by atoms with E-state index >= 15 is 0 Å². The quantitative estimate of drug-likeness (QED) is 0.0320. The van der Waals surface area contributed by atoms with Gasteiger partial charge in [0.15, 0.2) is 0 Å². The van der Waals surface area contributed by atoms with Crippen LogP contribution in [0.1, 0.15) is 367 Å². The van der Waals surface area contributed by atoms with Crippen molar-refractivity contribution in [1.29, 1.82) is 0 Å². The molecular formula is C67H129NO5.